The predicted octanol–water partition coefficient (Wildman–Crippen LogP) is 7.00. The quantitative estimate of drug-likeness (QED) is 0.188. The van der Waals surface area contributed by atoms with Gasteiger partial charge in [0.15, 0.2) is 0 Å². The lowest BCUT2D eigenvalue weighted by Gasteiger charge is -1.94. The summed E-state index contributed by atoms with van der Waals surface area (Å²) in [5.41, 5.74) is 0. The van der Waals surface area contributed by atoms with Crippen LogP contribution in [0.15, 0.2) is 48.6 Å². The van der Waals surface area contributed by atoms with E-state index in [4.69, 9.17) is 5.11 Å². The summed E-state index contributed by atoms with van der Waals surface area (Å²) in [6, 6.07) is 0. The summed E-state index contributed by atoms with van der Waals surface area (Å²) in [7, 11) is 0. The molecule has 0 aromatic heterocycles. The van der Waals surface area contributed by atoms with Crippen LogP contribution >= 0.6 is 0 Å². The molecule has 136 valence electrons. The van der Waals surface area contributed by atoms with Crippen LogP contribution in [0.1, 0.15) is 84.0 Å². The minimum Gasteiger partial charge on any atom is -0.481 e. The number of hydrogen-bond donors (Lipinski definition) is 1. The molecule has 0 aliphatic heterocycles. The summed E-state index contributed by atoms with van der Waals surface area (Å²) in [6.07, 6.45) is 30.2. The van der Waals surface area contributed by atoms with E-state index in [1.165, 1.54) is 25.7 Å². The summed E-state index contributed by atoms with van der Waals surface area (Å²) < 4.78 is 0. The molecule has 0 bridgehead atoms. The lowest BCUT2D eigenvalue weighted by molar-refractivity contribution is -0.137. The van der Waals surface area contributed by atoms with Crippen molar-refractivity contribution >= 4 is 5.97 Å². The van der Waals surface area contributed by atoms with Gasteiger partial charge in [0.1, 0.15) is 0 Å². The Kier molecular flexibility index (Phi) is 18.2. The Morgan fingerprint density at radius 3 is 2.00 bits per heavy atom. The lowest BCUT2D eigenvalue weighted by Crippen LogP contribution is -1.93. The average molecular weight is 333 g/mol. The molecule has 24 heavy (non-hydrogen) atoms. The number of carboxylic acid groups (broad SMARTS) is 1. The van der Waals surface area contributed by atoms with Crippen molar-refractivity contribution in [2.24, 2.45) is 0 Å². The second kappa shape index (κ2) is 19.5. The molecule has 0 saturated carbocycles. The van der Waals surface area contributed by atoms with E-state index < -0.39 is 5.97 Å². The molecule has 0 aromatic carbocycles. The topological polar surface area (TPSA) is 37.3 Å². The van der Waals surface area contributed by atoms with Gasteiger partial charge in [-0.25, -0.2) is 0 Å². The van der Waals surface area contributed by atoms with Crippen LogP contribution < -0.4 is 0 Å². The van der Waals surface area contributed by atoms with Crippen LogP contribution in [0.2, 0.25) is 0 Å². The van der Waals surface area contributed by atoms with Gasteiger partial charge in [-0.15, -0.1) is 0 Å². The fourth-order valence-electron chi connectivity index (χ4n) is 2.28. The molecule has 0 unspecified atom stereocenters. The van der Waals surface area contributed by atoms with Crippen molar-refractivity contribution in [3.63, 3.8) is 0 Å². The Labute approximate surface area is 149 Å². The Bertz CT molecular complexity index is 389. The summed E-state index contributed by atoms with van der Waals surface area (Å²) in [5, 5.41) is 8.53. The van der Waals surface area contributed by atoms with Crippen molar-refractivity contribution in [2.45, 2.75) is 84.0 Å². The van der Waals surface area contributed by atoms with Crippen LogP contribution in [-0.4, -0.2) is 11.1 Å². The van der Waals surface area contributed by atoms with E-state index in [-0.39, 0.29) is 0 Å². The van der Waals surface area contributed by atoms with Gasteiger partial charge in [0.25, 0.3) is 0 Å². The van der Waals surface area contributed by atoms with Crippen molar-refractivity contribution in [3.05, 3.63) is 48.6 Å². The molecular weight excluding hydrogens is 296 g/mol. The van der Waals surface area contributed by atoms with Crippen LogP contribution in [0.3, 0.4) is 0 Å². The van der Waals surface area contributed by atoms with E-state index in [2.05, 4.69) is 55.5 Å². The molecule has 0 amide bonds. The van der Waals surface area contributed by atoms with Gasteiger partial charge >= 0.3 is 5.97 Å². The molecule has 0 aliphatic rings. The normalized spacial score (nSPS) is 12.4. The third kappa shape index (κ3) is 20.4. The van der Waals surface area contributed by atoms with Gasteiger partial charge < -0.3 is 5.11 Å². The number of allylic oxidation sites excluding steroid dienone is 8. The first-order valence-corrected chi connectivity index (χ1v) is 9.60. The maximum Gasteiger partial charge on any atom is 0.303 e. The largest absolute Gasteiger partial charge is 0.481 e. The first-order chi connectivity index (χ1) is 11.8. The maximum atomic E-state index is 10.4. The third-order valence-electron chi connectivity index (χ3n) is 3.72. The Morgan fingerprint density at radius 1 is 0.708 bits per heavy atom. The predicted molar refractivity (Wildman–Crippen MR) is 105 cm³/mol. The fraction of sp³-hybridized carbons (Fsp3) is 0.591. The molecule has 0 aromatic rings. The van der Waals surface area contributed by atoms with E-state index in [9.17, 15) is 4.79 Å². The standard InChI is InChI=1S/C22H36O2/c1-2-3-4-5-6-7-8-9-10-11-12-13-14-15-16-17-18-19-20-21-22(23)24/h6-9,12-13,15-16H,2-5,10-11,14,17-21H2,1H3,(H,23,24)/b7-6-,9-8+,13-12-,16-15-. The molecule has 0 rings (SSSR count). The zero-order valence-corrected chi connectivity index (χ0v) is 15.5. The van der Waals surface area contributed by atoms with Gasteiger partial charge in [0.2, 0.25) is 0 Å². The van der Waals surface area contributed by atoms with Crippen LogP contribution in [0.5, 0.6) is 0 Å². The Morgan fingerprint density at radius 2 is 1.29 bits per heavy atom. The van der Waals surface area contributed by atoms with Gasteiger partial charge in [-0.3, -0.25) is 4.79 Å². The minimum absolute atomic E-state index is 0.301. The molecular formula is C22H36O2. The zero-order valence-electron chi connectivity index (χ0n) is 15.5. The second-order valence-electron chi connectivity index (χ2n) is 6.10. The highest BCUT2D eigenvalue weighted by molar-refractivity contribution is 5.66. The molecule has 0 spiro atoms. The summed E-state index contributed by atoms with van der Waals surface area (Å²) in [6.45, 7) is 2.23. The zero-order chi connectivity index (χ0) is 17.7. The van der Waals surface area contributed by atoms with E-state index in [0.29, 0.717) is 6.42 Å². The van der Waals surface area contributed by atoms with E-state index in [0.717, 1.165) is 44.9 Å². The van der Waals surface area contributed by atoms with Crippen molar-refractivity contribution in [1.82, 2.24) is 0 Å². The first-order valence-electron chi connectivity index (χ1n) is 9.60. The Hall–Kier alpha value is -1.57. The van der Waals surface area contributed by atoms with Gasteiger partial charge in [-0.1, -0.05) is 74.8 Å². The highest BCUT2D eigenvalue weighted by Gasteiger charge is 1.94. The molecule has 1 N–H and O–H groups in total. The van der Waals surface area contributed by atoms with Gasteiger partial charge in [-0.05, 0) is 51.4 Å². The van der Waals surface area contributed by atoms with Crippen molar-refractivity contribution in [1.29, 1.82) is 0 Å². The molecule has 0 atom stereocenters. The lowest BCUT2D eigenvalue weighted by atomic mass is 10.1. The molecule has 2 heteroatoms. The van der Waals surface area contributed by atoms with Crippen molar-refractivity contribution < 1.29 is 9.90 Å². The second-order valence-corrected chi connectivity index (χ2v) is 6.10. The molecule has 0 radical (unpaired) electrons. The number of unbranched alkanes of at least 4 members (excludes halogenated alkanes) is 7. The van der Waals surface area contributed by atoms with Gasteiger partial charge in [0.05, 0.1) is 0 Å². The molecule has 2 nitrogen and oxygen atoms in total. The molecule has 0 heterocycles. The number of hydrogen-bond acceptors (Lipinski definition) is 1. The van der Waals surface area contributed by atoms with Crippen molar-refractivity contribution in [3.8, 4) is 0 Å². The Balaban J connectivity index is 3.36. The smallest absolute Gasteiger partial charge is 0.303 e. The highest BCUT2D eigenvalue weighted by Crippen LogP contribution is 2.04. The maximum absolute atomic E-state index is 10.4. The monoisotopic (exact) mass is 332 g/mol. The van der Waals surface area contributed by atoms with Gasteiger partial charge in [-0.2, -0.15) is 0 Å². The van der Waals surface area contributed by atoms with E-state index in [1.807, 2.05) is 0 Å². The third-order valence-corrected chi connectivity index (χ3v) is 3.72. The number of aliphatic carboxylic acids is 1. The minimum atomic E-state index is -0.687. The number of carbonyl (C=O) groups is 1. The molecule has 0 aliphatic carbocycles. The van der Waals surface area contributed by atoms with E-state index in [1.54, 1.807) is 0 Å². The fourth-order valence-corrected chi connectivity index (χ4v) is 2.28. The van der Waals surface area contributed by atoms with E-state index >= 15 is 0 Å². The number of carboxylic acids is 1. The average Bonchev–Trinajstić information content (AvgIpc) is 2.56. The van der Waals surface area contributed by atoms with Crippen LogP contribution in [-0.2, 0) is 4.79 Å². The van der Waals surface area contributed by atoms with Crippen molar-refractivity contribution in [2.75, 3.05) is 0 Å². The highest BCUT2D eigenvalue weighted by atomic mass is 16.4. The van der Waals surface area contributed by atoms with Crippen LogP contribution in [0.4, 0.5) is 0 Å². The van der Waals surface area contributed by atoms with Crippen LogP contribution in [0, 0.1) is 0 Å². The summed E-state index contributed by atoms with van der Waals surface area (Å²) in [5.74, 6) is -0.687. The molecule has 0 fully saturated rings. The first kappa shape index (κ1) is 22.4. The summed E-state index contributed by atoms with van der Waals surface area (Å²) in [4.78, 5) is 10.4. The summed E-state index contributed by atoms with van der Waals surface area (Å²) >= 11 is 0. The van der Waals surface area contributed by atoms with Gasteiger partial charge in [0, 0.05) is 6.42 Å². The SMILES string of the molecule is CCCCC/C=C\C=C\CC/C=C\C/C=C\CCCCCC(=O)O. The number of rotatable bonds is 16. The molecule has 0 saturated heterocycles. The van der Waals surface area contributed by atoms with Crippen LogP contribution in [0.25, 0.3) is 0 Å².